The van der Waals surface area contributed by atoms with Gasteiger partial charge in [-0.15, -0.1) is 0 Å². The fourth-order valence-corrected chi connectivity index (χ4v) is 3.77. The van der Waals surface area contributed by atoms with Gasteiger partial charge in [0.25, 0.3) is 0 Å². The van der Waals surface area contributed by atoms with E-state index >= 15 is 0 Å². The van der Waals surface area contributed by atoms with Gasteiger partial charge in [0.05, 0.1) is 0 Å². The second kappa shape index (κ2) is 11.3. The van der Waals surface area contributed by atoms with E-state index in [2.05, 4.69) is 66.2 Å². The van der Waals surface area contributed by atoms with Crippen molar-refractivity contribution in [2.45, 2.75) is 51.0 Å². The van der Waals surface area contributed by atoms with E-state index in [-0.39, 0.29) is 0 Å². The number of benzene rings is 1. The highest BCUT2D eigenvalue weighted by atomic mass is 16.2. The van der Waals surface area contributed by atoms with Gasteiger partial charge in [-0.2, -0.15) is 0 Å². The van der Waals surface area contributed by atoms with Gasteiger partial charge in [0.15, 0.2) is 0 Å². The van der Waals surface area contributed by atoms with Crippen LogP contribution < -0.4 is 0 Å². The average molecular weight is 360 g/mol. The van der Waals surface area contributed by atoms with Crippen molar-refractivity contribution >= 4 is 5.91 Å². The number of nitrogens with zero attached hydrogens (tertiary/aromatic N) is 3. The summed E-state index contributed by atoms with van der Waals surface area (Å²) in [5.41, 5.74) is 1.37. The van der Waals surface area contributed by atoms with Crippen LogP contribution in [-0.4, -0.2) is 74.0 Å². The zero-order chi connectivity index (χ0) is 18.8. The van der Waals surface area contributed by atoms with Crippen LogP contribution in [0.4, 0.5) is 0 Å². The molecule has 2 rings (SSSR count). The lowest BCUT2D eigenvalue weighted by molar-refractivity contribution is -0.133. The molecule has 0 aromatic heterocycles. The first kappa shape index (κ1) is 20.9. The van der Waals surface area contributed by atoms with Gasteiger partial charge in [0.2, 0.25) is 5.91 Å². The molecular weight excluding hydrogens is 322 g/mol. The summed E-state index contributed by atoms with van der Waals surface area (Å²) in [4.78, 5) is 19.4. The van der Waals surface area contributed by atoms with Crippen LogP contribution >= 0.6 is 0 Å². The quantitative estimate of drug-likeness (QED) is 0.600. The minimum absolute atomic E-state index is 0.351. The first-order chi connectivity index (χ1) is 12.6. The fourth-order valence-electron chi connectivity index (χ4n) is 3.77. The first-order valence-electron chi connectivity index (χ1n) is 10.2. The molecule has 146 valence electrons. The van der Waals surface area contributed by atoms with E-state index in [0.717, 1.165) is 51.9 Å². The summed E-state index contributed by atoms with van der Waals surface area (Å²) >= 11 is 0. The number of unbranched alkanes of at least 4 members (excludes halogenated alkanes) is 1. The summed E-state index contributed by atoms with van der Waals surface area (Å²) in [5.74, 6) is 0.351. The van der Waals surface area contributed by atoms with E-state index in [4.69, 9.17) is 0 Å². The molecule has 1 heterocycles. The Bertz CT molecular complexity index is 517. The van der Waals surface area contributed by atoms with Gasteiger partial charge < -0.3 is 14.7 Å². The molecule has 0 spiro atoms. The van der Waals surface area contributed by atoms with Crippen LogP contribution in [0.1, 0.15) is 44.1 Å². The number of carbonyl (C=O) groups is 1. The minimum atomic E-state index is 0.351. The summed E-state index contributed by atoms with van der Waals surface area (Å²) in [6, 6.07) is 11.1. The zero-order valence-electron chi connectivity index (χ0n) is 17.0. The first-order valence-corrected chi connectivity index (χ1v) is 10.2. The number of likely N-dealkylation sites (tertiary alicyclic amines) is 1. The SMILES string of the molecule is CN(C)CCCN(C)[C@H]1CCCN(C(=O)CCCCc2ccccc2)C1. The van der Waals surface area contributed by atoms with Crippen molar-refractivity contribution < 1.29 is 4.79 Å². The second-order valence-corrected chi connectivity index (χ2v) is 7.97. The molecule has 1 aliphatic heterocycles. The number of aryl methyl sites for hydroxylation is 1. The van der Waals surface area contributed by atoms with Crippen molar-refractivity contribution in [2.75, 3.05) is 47.3 Å². The molecule has 1 fully saturated rings. The average Bonchev–Trinajstić information content (AvgIpc) is 2.65. The van der Waals surface area contributed by atoms with Crippen molar-refractivity contribution in [3.63, 3.8) is 0 Å². The van der Waals surface area contributed by atoms with Crippen LogP contribution in [0.2, 0.25) is 0 Å². The molecule has 26 heavy (non-hydrogen) atoms. The fraction of sp³-hybridized carbons (Fsp3) is 0.682. The molecule has 4 nitrogen and oxygen atoms in total. The molecule has 1 amide bonds. The Morgan fingerprint density at radius 1 is 1.08 bits per heavy atom. The third-order valence-corrected chi connectivity index (χ3v) is 5.44. The van der Waals surface area contributed by atoms with Gasteiger partial charge in [0.1, 0.15) is 0 Å². The van der Waals surface area contributed by atoms with Crippen molar-refractivity contribution in [3.8, 4) is 0 Å². The van der Waals surface area contributed by atoms with E-state index in [1.54, 1.807) is 0 Å². The molecule has 0 saturated carbocycles. The molecule has 1 atom stereocenters. The highest BCUT2D eigenvalue weighted by Gasteiger charge is 2.25. The molecule has 1 aromatic carbocycles. The maximum Gasteiger partial charge on any atom is 0.222 e. The Balaban J connectivity index is 1.66. The highest BCUT2D eigenvalue weighted by molar-refractivity contribution is 5.76. The maximum absolute atomic E-state index is 12.6. The molecular formula is C22H37N3O. The van der Waals surface area contributed by atoms with Gasteiger partial charge >= 0.3 is 0 Å². The third-order valence-electron chi connectivity index (χ3n) is 5.44. The molecule has 0 radical (unpaired) electrons. The summed E-state index contributed by atoms with van der Waals surface area (Å²) in [5, 5.41) is 0. The number of hydrogen-bond donors (Lipinski definition) is 0. The molecule has 1 saturated heterocycles. The predicted molar refractivity (Wildman–Crippen MR) is 109 cm³/mol. The monoisotopic (exact) mass is 359 g/mol. The van der Waals surface area contributed by atoms with E-state index in [0.29, 0.717) is 18.4 Å². The lowest BCUT2D eigenvalue weighted by Gasteiger charge is -2.38. The number of amides is 1. The lowest BCUT2D eigenvalue weighted by Crippen LogP contribution is -2.49. The lowest BCUT2D eigenvalue weighted by atomic mass is 10.0. The number of carbonyl (C=O) groups excluding carboxylic acids is 1. The topological polar surface area (TPSA) is 26.8 Å². The number of hydrogen-bond acceptors (Lipinski definition) is 3. The second-order valence-electron chi connectivity index (χ2n) is 7.97. The Morgan fingerprint density at radius 2 is 1.85 bits per heavy atom. The molecule has 0 aliphatic carbocycles. The molecule has 0 unspecified atom stereocenters. The number of piperidine rings is 1. The largest absolute Gasteiger partial charge is 0.341 e. The van der Waals surface area contributed by atoms with Crippen molar-refractivity contribution in [3.05, 3.63) is 35.9 Å². The van der Waals surface area contributed by atoms with Crippen LogP contribution in [0.15, 0.2) is 30.3 Å². The molecule has 0 N–H and O–H groups in total. The smallest absolute Gasteiger partial charge is 0.222 e. The van der Waals surface area contributed by atoms with Gasteiger partial charge in [0, 0.05) is 25.6 Å². The molecule has 4 heteroatoms. The summed E-state index contributed by atoms with van der Waals surface area (Å²) < 4.78 is 0. The number of rotatable bonds is 10. The van der Waals surface area contributed by atoms with E-state index in [1.807, 2.05) is 0 Å². The normalized spacial score (nSPS) is 17.9. The van der Waals surface area contributed by atoms with E-state index in [1.165, 1.54) is 18.4 Å². The summed E-state index contributed by atoms with van der Waals surface area (Å²) in [6.07, 6.45) is 7.41. The van der Waals surface area contributed by atoms with Crippen LogP contribution in [0.25, 0.3) is 0 Å². The Morgan fingerprint density at radius 3 is 2.58 bits per heavy atom. The summed E-state index contributed by atoms with van der Waals surface area (Å²) in [7, 11) is 6.46. The van der Waals surface area contributed by atoms with E-state index < -0.39 is 0 Å². The predicted octanol–water partition coefficient (Wildman–Crippen LogP) is 3.27. The van der Waals surface area contributed by atoms with Gasteiger partial charge in [-0.05, 0) is 78.3 Å². The maximum atomic E-state index is 12.6. The van der Waals surface area contributed by atoms with Gasteiger partial charge in [-0.1, -0.05) is 30.3 Å². The zero-order valence-corrected chi connectivity index (χ0v) is 17.0. The minimum Gasteiger partial charge on any atom is -0.341 e. The Hall–Kier alpha value is -1.39. The van der Waals surface area contributed by atoms with Crippen molar-refractivity contribution in [1.82, 2.24) is 14.7 Å². The standard InChI is InChI=1S/C22H37N3O/c1-23(2)16-10-17-24(3)21-14-9-18-25(19-21)22(26)15-8-7-13-20-11-5-4-6-12-20/h4-6,11-12,21H,7-10,13-19H2,1-3H3/t21-/m0/s1. The van der Waals surface area contributed by atoms with E-state index in [9.17, 15) is 4.79 Å². The Labute approximate surface area is 160 Å². The van der Waals surface area contributed by atoms with Crippen LogP contribution in [0.3, 0.4) is 0 Å². The third kappa shape index (κ3) is 7.46. The van der Waals surface area contributed by atoms with Gasteiger partial charge in [-0.3, -0.25) is 4.79 Å². The van der Waals surface area contributed by atoms with Crippen molar-refractivity contribution in [2.24, 2.45) is 0 Å². The van der Waals surface area contributed by atoms with Crippen molar-refractivity contribution in [1.29, 1.82) is 0 Å². The van der Waals surface area contributed by atoms with Crippen LogP contribution in [0, 0.1) is 0 Å². The molecule has 1 aromatic rings. The van der Waals surface area contributed by atoms with Crippen LogP contribution in [-0.2, 0) is 11.2 Å². The Kier molecular flexibility index (Phi) is 9.13. The van der Waals surface area contributed by atoms with Crippen LogP contribution in [0.5, 0.6) is 0 Å². The van der Waals surface area contributed by atoms with Gasteiger partial charge in [-0.25, -0.2) is 0 Å². The molecule has 1 aliphatic rings. The number of likely N-dealkylation sites (N-methyl/N-ethyl adjacent to an activating group) is 1. The summed E-state index contributed by atoms with van der Waals surface area (Å²) in [6.45, 7) is 4.10. The highest BCUT2D eigenvalue weighted by Crippen LogP contribution is 2.17. The molecule has 0 bridgehead atoms.